The van der Waals surface area contributed by atoms with E-state index in [2.05, 4.69) is 25.5 Å². The van der Waals surface area contributed by atoms with Crippen molar-refractivity contribution in [2.75, 3.05) is 5.32 Å². The number of hydrogen-bond acceptors (Lipinski definition) is 6. The molecular formula is C14H9N5S. The SMILES string of the molecule is c1ccc2nc(Nc3nc4ccccc4s3)nnc2c1. The van der Waals surface area contributed by atoms with Crippen molar-refractivity contribution in [1.82, 2.24) is 20.2 Å². The highest BCUT2D eigenvalue weighted by molar-refractivity contribution is 7.22. The number of nitrogens with one attached hydrogen (secondary N) is 1. The van der Waals surface area contributed by atoms with Gasteiger partial charge in [0.1, 0.15) is 5.52 Å². The zero-order valence-corrected chi connectivity index (χ0v) is 11.1. The van der Waals surface area contributed by atoms with E-state index in [1.54, 1.807) is 11.3 Å². The Hall–Kier alpha value is -2.60. The summed E-state index contributed by atoms with van der Waals surface area (Å²) < 4.78 is 1.13. The molecule has 6 heteroatoms. The normalized spacial score (nSPS) is 11.0. The van der Waals surface area contributed by atoms with Gasteiger partial charge in [-0.1, -0.05) is 35.6 Å². The zero-order chi connectivity index (χ0) is 13.4. The van der Waals surface area contributed by atoms with Gasteiger partial charge in [-0.3, -0.25) is 5.32 Å². The molecule has 4 rings (SSSR count). The first-order valence-electron chi connectivity index (χ1n) is 6.10. The third-order valence-electron chi connectivity index (χ3n) is 2.87. The number of thiazole rings is 1. The summed E-state index contributed by atoms with van der Waals surface area (Å²) in [6.45, 7) is 0. The molecule has 0 aliphatic heterocycles. The van der Waals surface area contributed by atoms with E-state index in [0.717, 1.165) is 26.4 Å². The molecule has 2 aromatic heterocycles. The molecule has 0 unspecified atom stereocenters. The lowest BCUT2D eigenvalue weighted by atomic mass is 10.3. The van der Waals surface area contributed by atoms with Gasteiger partial charge in [-0.2, -0.15) is 0 Å². The molecule has 0 saturated carbocycles. The van der Waals surface area contributed by atoms with Crippen molar-refractivity contribution < 1.29 is 0 Å². The van der Waals surface area contributed by atoms with Crippen LogP contribution in [0.5, 0.6) is 0 Å². The van der Waals surface area contributed by atoms with E-state index >= 15 is 0 Å². The monoisotopic (exact) mass is 279 g/mol. The number of rotatable bonds is 2. The van der Waals surface area contributed by atoms with Crippen molar-refractivity contribution in [2.45, 2.75) is 0 Å². The van der Waals surface area contributed by atoms with Gasteiger partial charge in [0.15, 0.2) is 5.13 Å². The molecule has 0 spiro atoms. The number of aromatic nitrogens is 4. The molecule has 5 nitrogen and oxygen atoms in total. The first kappa shape index (κ1) is 11.2. The smallest absolute Gasteiger partial charge is 0.249 e. The van der Waals surface area contributed by atoms with Crippen LogP contribution in [0.3, 0.4) is 0 Å². The fourth-order valence-electron chi connectivity index (χ4n) is 1.96. The lowest BCUT2D eigenvalue weighted by molar-refractivity contribution is 1.03. The Morgan fingerprint density at radius 2 is 1.50 bits per heavy atom. The Balaban J connectivity index is 1.72. The molecule has 1 N–H and O–H groups in total. The summed E-state index contributed by atoms with van der Waals surface area (Å²) in [5, 5.41) is 12.1. The van der Waals surface area contributed by atoms with Crippen molar-refractivity contribution in [3.8, 4) is 0 Å². The molecule has 0 aliphatic rings. The molecule has 20 heavy (non-hydrogen) atoms. The van der Waals surface area contributed by atoms with E-state index < -0.39 is 0 Å². The average Bonchev–Trinajstić information content (AvgIpc) is 2.89. The van der Waals surface area contributed by atoms with Crippen LogP contribution in [0.15, 0.2) is 48.5 Å². The minimum atomic E-state index is 0.461. The molecule has 2 heterocycles. The maximum Gasteiger partial charge on any atom is 0.249 e. The molecule has 0 bridgehead atoms. The highest BCUT2D eigenvalue weighted by atomic mass is 32.1. The quantitative estimate of drug-likeness (QED) is 0.609. The predicted octanol–water partition coefficient (Wildman–Crippen LogP) is 3.38. The van der Waals surface area contributed by atoms with Crippen LogP contribution in [0, 0.1) is 0 Å². The largest absolute Gasteiger partial charge is 0.299 e. The second-order valence-corrected chi connectivity index (χ2v) is 5.27. The number of hydrogen-bond donors (Lipinski definition) is 1. The third kappa shape index (κ3) is 1.96. The van der Waals surface area contributed by atoms with Crippen LogP contribution in [0.25, 0.3) is 21.3 Å². The molecule has 4 aromatic rings. The minimum Gasteiger partial charge on any atom is -0.299 e. The topological polar surface area (TPSA) is 63.6 Å². The van der Waals surface area contributed by atoms with E-state index in [1.807, 2.05) is 48.5 Å². The maximum atomic E-state index is 4.49. The van der Waals surface area contributed by atoms with Crippen LogP contribution in [0.4, 0.5) is 11.1 Å². The first-order valence-corrected chi connectivity index (χ1v) is 6.92. The summed E-state index contributed by atoms with van der Waals surface area (Å²) in [5.41, 5.74) is 2.56. The van der Waals surface area contributed by atoms with Crippen LogP contribution >= 0.6 is 11.3 Å². The molecule has 0 aliphatic carbocycles. The molecule has 0 fully saturated rings. The first-order chi connectivity index (χ1) is 9.88. The fraction of sp³-hybridized carbons (Fsp3) is 0. The molecule has 96 valence electrons. The number of anilines is 2. The molecule has 0 radical (unpaired) electrons. The second-order valence-electron chi connectivity index (χ2n) is 4.24. The molecule has 2 aromatic carbocycles. The Kier molecular flexibility index (Phi) is 2.53. The van der Waals surface area contributed by atoms with E-state index in [4.69, 9.17) is 0 Å². The fourth-order valence-corrected chi connectivity index (χ4v) is 2.81. The van der Waals surface area contributed by atoms with E-state index in [9.17, 15) is 0 Å². The Bertz CT molecular complexity index is 869. The lowest BCUT2D eigenvalue weighted by Crippen LogP contribution is -1.98. The summed E-state index contributed by atoms with van der Waals surface area (Å²) in [5.74, 6) is 0.461. The van der Waals surface area contributed by atoms with Crippen molar-refractivity contribution in [1.29, 1.82) is 0 Å². The average molecular weight is 279 g/mol. The van der Waals surface area contributed by atoms with Gasteiger partial charge in [0.25, 0.3) is 0 Å². The van der Waals surface area contributed by atoms with Gasteiger partial charge < -0.3 is 0 Å². The number of fused-ring (bicyclic) bond motifs is 2. The van der Waals surface area contributed by atoms with Crippen LogP contribution in [-0.2, 0) is 0 Å². The zero-order valence-electron chi connectivity index (χ0n) is 10.3. The summed E-state index contributed by atoms with van der Waals surface area (Å²) in [4.78, 5) is 8.91. The molecular weight excluding hydrogens is 270 g/mol. The van der Waals surface area contributed by atoms with E-state index in [1.165, 1.54) is 0 Å². The predicted molar refractivity (Wildman–Crippen MR) is 80.2 cm³/mol. The van der Waals surface area contributed by atoms with E-state index in [0.29, 0.717) is 5.95 Å². The highest BCUT2D eigenvalue weighted by Gasteiger charge is 2.06. The third-order valence-corrected chi connectivity index (χ3v) is 3.82. The van der Waals surface area contributed by atoms with Gasteiger partial charge in [-0.15, -0.1) is 10.2 Å². The lowest BCUT2D eigenvalue weighted by Gasteiger charge is -2.00. The van der Waals surface area contributed by atoms with Gasteiger partial charge >= 0.3 is 0 Å². The second kappa shape index (κ2) is 4.50. The van der Waals surface area contributed by atoms with Gasteiger partial charge in [0, 0.05) is 0 Å². The van der Waals surface area contributed by atoms with Crippen molar-refractivity contribution in [3.63, 3.8) is 0 Å². The number of benzene rings is 2. The van der Waals surface area contributed by atoms with Crippen LogP contribution in [-0.4, -0.2) is 20.2 Å². The highest BCUT2D eigenvalue weighted by Crippen LogP contribution is 2.27. The number of para-hydroxylation sites is 2. The Morgan fingerprint density at radius 1 is 0.750 bits per heavy atom. The van der Waals surface area contributed by atoms with Crippen LogP contribution in [0.1, 0.15) is 0 Å². The van der Waals surface area contributed by atoms with Gasteiger partial charge in [-0.05, 0) is 24.3 Å². The van der Waals surface area contributed by atoms with Crippen molar-refractivity contribution in [3.05, 3.63) is 48.5 Å². The van der Waals surface area contributed by atoms with Crippen LogP contribution < -0.4 is 5.32 Å². The van der Waals surface area contributed by atoms with Gasteiger partial charge in [0.2, 0.25) is 5.95 Å². The summed E-state index contributed by atoms with van der Waals surface area (Å²) in [6.07, 6.45) is 0. The molecule has 0 amide bonds. The minimum absolute atomic E-state index is 0.461. The van der Waals surface area contributed by atoms with E-state index in [-0.39, 0.29) is 0 Å². The Labute approximate surface area is 118 Å². The molecule has 0 saturated heterocycles. The Morgan fingerprint density at radius 3 is 2.35 bits per heavy atom. The molecule has 0 atom stereocenters. The standard InChI is InChI=1S/C14H9N5S/c1-2-6-10-9(5-1)15-13(19-18-10)17-14-16-11-7-3-4-8-12(11)20-14/h1-8H,(H,15,16,17,19). The van der Waals surface area contributed by atoms with Gasteiger partial charge in [0.05, 0.1) is 15.7 Å². The summed E-state index contributed by atoms with van der Waals surface area (Å²) in [6, 6.07) is 15.6. The van der Waals surface area contributed by atoms with Crippen LogP contribution in [0.2, 0.25) is 0 Å². The van der Waals surface area contributed by atoms with Crippen molar-refractivity contribution >= 4 is 43.7 Å². The summed E-state index contributed by atoms with van der Waals surface area (Å²) in [7, 11) is 0. The van der Waals surface area contributed by atoms with Gasteiger partial charge in [-0.25, -0.2) is 9.97 Å². The number of nitrogens with zero attached hydrogens (tertiary/aromatic N) is 4. The summed E-state index contributed by atoms with van der Waals surface area (Å²) >= 11 is 1.57. The maximum absolute atomic E-state index is 4.49. The van der Waals surface area contributed by atoms with Crippen molar-refractivity contribution in [2.24, 2.45) is 0 Å².